The zero-order valence-corrected chi connectivity index (χ0v) is 14.5. The number of carbonyl (C=O) groups excluding carboxylic acids is 2. The van der Waals surface area contributed by atoms with Gasteiger partial charge >= 0.3 is 5.97 Å². The standard InChI is InChI=1S/C19H18N2O5/c1-12-3-4-13(2)17(9-12)26-19(23)14-10-18(22)20(11-14)15-5-7-16(8-6-15)21(24)25/h3-9,14H,10-11H2,1-2H3/t14-/m1/s1. The van der Waals surface area contributed by atoms with Crippen LogP contribution in [0.25, 0.3) is 0 Å². The van der Waals surface area contributed by atoms with E-state index in [9.17, 15) is 19.7 Å². The summed E-state index contributed by atoms with van der Waals surface area (Å²) >= 11 is 0. The van der Waals surface area contributed by atoms with Gasteiger partial charge in [-0.3, -0.25) is 19.7 Å². The summed E-state index contributed by atoms with van der Waals surface area (Å²) in [6.07, 6.45) is 0.0562. The molecule has 1 amide bonds. The number of non-ortho nitro benzene ring substituents is 1. The van der Waals surface area contributed by atoms with Crippen LogP contribution in [-0.4, -0.2) is 23.3 Å². The second-order valence-electron chi connectivity index (χ2n) is 6.37. The first-order valence-corrected chi connectivity index (χ1v) is 8.19. The summed E-state index contributed by atoms with van der Waals surface area (Å²) in [5.74, 6) is -0.730. The van der Waals surface area contributed by atoms with Gasteiger partial charge in [0, 0.05) is 30.8 Å². The van der Waals surface area contributed by atoms with Gasteiger partial charge in [-0.2, -0.15) is 0 Å². The molecule has 0 N–H and O–H groups in total. The summed E-state index contributed by atoms with van der Waals surface area (Å²) in [5, 5.41) is 10.7. The lowest BCUT2D eigenvalue weighted by Gasteiger charge is -2.16. The summed E-state index contributed by atoms with van der Waals surface area (Å²) in [6.45, 7) is 3.96. The summed E-state index contributed by atoms with van der Waals surface area (Å²) < 4.78 is 5.49. The highest BCUT2D eigenvalue weighted by Crippen LogP contribution is 2.28. The molecule has 0 aromatic heterocycles. The van der Waals surface area contributed by atoms with Crippen LogP contribution in [0.3, 0.4) is 0 Å². The molecule has 2 aromatic rings. The van der Waals surface area contributed by atoms with Crippen molar-refractivity contribution in [1.29, 1.82) is 0 Å². The highest BCUT2D eigenvalue weighted by Gasteiger charge is 2.36. The number of benzene rings is 2. The number of amides is 1. The summed E-state index contributed by atoms with van der Waals surface area (Å²) in [6, 6.07) is 11.3. The minimum absolute atomic E-state index is 0.0497. The van der Waals surface area contributed by atoms with Crippen LogP contribution in [-0.2, 0) is 9.59 Å². The van der Waals surface area contributed by atoms with Crippen molar-refractivity contribution in [3.63, 3.8) is 0 Å². The molecule has 7 nitrogen and oxygen atoms in total. The third-order valence-electron chi connectivity index (χ3n) is 4.38. The van der Waals surface area contributed by atoms with E-state index in [0.717, 1.165) is 11.1 Å². The fourth-order valence-corrected chi connectivity index (χ4v) is 2.88. The van der Waals surface area contributed by atoms with E-state index < -0.39 is 16.8 Å². The van der Waals surface area contributed by atoms with Crippen molar-refractivity contribution < 1.29 is 19.2 Å². The molecular formula is C19H18N2O5. The molecule has 1 aliphatic heterocycles. The Kier molecular flexibility index (Phi) is 4.71. The summed E-state index contributed by atoms with van der Waals surface area (Å²) in [4.78, 5) is 36.4. The van der Waals surface area contributed by atoms with Gasteiger partial charge in [-0.05, 0) is 43.2 Å². The molecule has 0 bridgehead atoms. The molecule has 0 spiro atoms. The predicted molar refractivity (Wildman–Crippen MR) is 95.1 cm³/mol. The van der Waals surface area contributed by atoms with Crippen molar-refractivity contribution in [3.05, 3.63) is 63.7 Å². The fraction of sp³-hybridized carbons (Fsp3) is 0.263. The second kappa shape index (κ2) is 6.95. The van der Waals surface area contributed by atoms with E-state index in [1.807, 2.05) is 26.0 Å². The highest BCUT2D eigenvalue weighted by atomic mass is 16.6. The molecule has 1 aliphatic rings. The quantitative estimate of drug-likeness (QED) is 0.364. The Morgan fingerprint density at radius 2 is 1.88 bits per heavy atom. The maximum atomic E-state index is 12.5. The number of nitro groups is 1. The van der Waals surface area contributed by atoms with Crippen LogP contribution in [0.1, 0.15) is 17.5 Å². The lowest BCUT2D eigenvalue weighted by molar-refractivity contribution is -0.384. The molecule has 1 heterocycles. The van der Waals surface area contributed by atoms with Gasteiger partial charge < -0.3 is 9.64 Å². The SMILES string of the molecule is Cc1ccc(C)c(OC(=O)[C@@H]2CC(=O)N(c3ccc([N+](=O)[O-])cc3)C2)c1. The van der Waals surface area contributed by atoms with Crippen molar-refractivity contribution in [2.24, 2.45) is 5.92 Å². The molecule has 1 saturated heterocycles. The van der Waals surface area contributed by atoms with Gasteiger partial charge in [-0.15, -0.1) is 0 Å². The Bertz CT molecular complexity index is 876. The van der Waals surface area contributed by atoms with Crippen molar-refractivity contribution in [3.8, 4) is 5.75 Å². The van der Waals surface area contributed by atoms with Gasteiger partial charge in [0.2, 0.25) is 5.91 Å². The fourth-order valence-electron chi connectivity index (χ4n) is 2.88. The Labute approximate surface area is 150 Å². The van der Waals surface area contributed by atoms with Gasteiger partial charge in [-0.25, -0.2) is 0 Å². The number of esters is 1. The number of ether oxygens (including phenoxy) is 1. The van der Waals surface area contributed by atoms with Crippen LogP contribution in [0.15, 0.2) is 42.5 Å². The van der Waals surface area contributed by atoms with Crippen LogP contribution >= 0.6 is 0 Å². The second-order valence-corrected chi connectivity index (χ2v) is 6.37. The molecule has 3 rings (SSSR count). The molecular weight excluding hydrogens is 336 g/mol. The van der Waals surface area contributed by atoms with Gasteiger partial charge in [0.05, 0.1) is 10.8 Å². The topological polar surface area (TPSA) is 89.8 Å². The number of anilines is 1. The van der Waals surface area contributed by atoms with E-state index in [1.165, 1.54) is 29.2 Å². The average Bonchev–Trinajstić information content (AvgIpc) is 3.00. The number of carbonyl (C=O) groups is 2. The van der Waals surface area contributed by atoms with E-state index in [-0.39, 0.29) is 24.6 Å². The Morgan fingerprint density at radius 1 is 1.19 bits per heavy atom. The lowest BCUT2D eigenvalue weighted by atomic mass is 10.1. The first-order valence-electron chi connectivity index (χ1n) is 8.19. The van der Waals surface area contributed by atoms with E-state index in [2.05, 4.69) is 0 Å². The predicted octanol–water partition coefficient (Wildman–Crippen LogP) is 3.17. The first-order chi connectivity index (χ1) is 12.3. The minimum atomic E-state index is -0.572. The lowest BCUT2D eigenvalue weighted by Crippen LogP contribution is -2.27. The third-order valence-corrected chi connectivity index (χ3v) is 4.38. The maximum absolute atomic E-state index is 12.5. The number of aryl methyl sites for hydroxylation is 2. The molecule has 7 heteroatoms. The van der Waals surface area contributed by atoms with Crippen LogP contribution in [0.2, 0.25) is 0 Å². The van der Waals surface area contributed by atoms with E-state index >= 15 is 0 Å². The van der Waals surface area contributed by atoms with Crippen LogP contribution in [0.5, 0.6) is 5.75 Å². The van der Waals surface area contributed by atoms with Gasteiger partial charge in [0.15, 0.2) is 0 Å². The Hall–Kier alpha value is -3.22. The molecule has 0 aliphatic carbocycles. The summed E-state index contributed by atoms with van der Waals surface area (Å²) in [7, 11) is 0. The highest BCUT2D eigenvalue weighted by molar-refractivity contribution is 5.99. The van der Waals surface area contributed by atoms with Crippen molar-refractivity contribution >= 4 is 23.3 Å². The molecule has 0 radical (unpaired) electrons. The number of nitrogens with zero attached hydrogens (tertiary/aromatic N) is 2. The third kappa shape index (κ3) is 3.56. The molecule has 1 fully saturated rings. The number of rotatable bonds is 4. The van der Waals surface area contributed by atoms with E-state index in [1.54, 1.807) is 6.07 Å². The van der Waals surface area contributed by atoms with Crippen molar-refractivity contribution in [2.75, 3.05) is 11.4 Å². The van der Waals surface area contributed by atoms with Crippen LogP contribution in [0, 0.1) is 29.9 Å². The van der Waals surface area contributed by atoms with Gasteiger partial charge in [-0.1, -0.05) is 12.1 Å². The number of nitro benzene ring substituents is 1. The largest absolute Gasteiger partial charge is 0.426 e. The molecule has 0 unspecified atom stereocenters. The number of hydrogen-bond donors (Lipinski definition) is 0. The monoisotopic (exact) mass is 354 g/mol. The molecule has 0 saturated carbocycles. The molecule has 1 atom stereocenters. The van der Waals surface area contributed by atoms with Crippen molar-refractivity contribution in [2.45, 2.75) is 20.3 Å². The molecule has 26 heavy (non-hydrogen) atoms. The average molecular weight is 354 g/mol. The zero-order valence-electron chi connectivity index (χ0n) is 14.5. The van der Waals surface area contributed by atoms with Gasteiger partial charge in [0.25, 0.3) is 5.69 Å². The minimum Gasteiger partial charge on any atom is -0.426 e. The zero-order chi connectivity index (χ0) is 18.8. The summed E-state index contributed by atoms with van der Waals surface area (Å²) in [5.41, 5.74) is 2.31. The number of hydrogen-bond acceptors (Lipinski definition) is 5. The molecule has 2 aromatic carbocycles. The van der Waals surface area contributed by atoms with Crippen molar-refractivity contribution in [1.82, 2.24) is 0 Å². The van der Waals surface area contributed by atoms with E-state index in [4.69, 9.17) is 4.74 Å². The van der Waals surface area contributed by atoms with E-state index in [0.29, 0.717) is 11.4 Å². The van der Waals surface area contributed by atoms with Gasteiger partial charge in [0.1, 0.15) is 5.75 Å². The van der Waals surface area contributed by atoms with Crippen LogP contribution in [0.4, 0.5) is 11.4 Å². The smallest absolute Gasteiger partial charge is 0.316 e. The molecule has 134 valence electrons. The van der Waals surface area contributed by atoms with Crippen LogP contribution < -0.4 is 9.64 Å². The first kappa shape index (κ1) is 17.6. The Balaban J connectivity index is 1.71. The Morgan fingerprint density at radius 3 is 2.54 bits per heavy atom. The maximum Gasteiger partial charge on any atom is 0.316 e. The normalized spacial score (nSPS) is 16.6.